The van der Waals surface area contributed by atoms with E-state index >= 15 is 0 Å². The van der Waals surface area contributed by atoms with Gasteiger partial charge in [-0.05, 0) is 35.4 Å². The van der Waals surface area contributed by atoms with E-state index in [4.69, 9.17) is 11.5 Å². The van der Waals surface area contributed by atoms with E-state index in [-0.39, 0.29) is 34.2 Å². The average molecular weight is 297 g/mol. The minimum absolute atomic E-state index is 0. The molecule has 104 valence electrons. The van der Waals surface area contributed by atoms with E-state index in [1.165, 1.54) is 48.5 Å². The van der Waals surface area contributed by atoms with Gasteiger partial charge in [0.15, 0.2) is 0 Å². The molecule has 0 spiro atoms. The largest absolute Gasteiger partial charge is 2.00 e. The van der Waals surface area contributed by atoms with Crippen molar-refractivity contribution in [1.29, 1.82) is 0 Å². The molecule has 0 saturated carbocycles. The molecule has 2 aromatic rings. The Kier molecular flexibility index (Phi) is 7.88. The molecule has 0 fully saturated rings. The fraction of sp³-hybridized carbons (Fsp3) is 0. The SMILES string of the molecule is Nc1ccc(C(=O)[O-])cc1.Nc1ccc(C(=O)[O-])cc1.[Mg+2]. The van der Waals surface area contributed by atoms with E-state index in [1.807, 2.05) is 0 Å². The second kappa shape index (κ2) is 8.83. The van der Waals surface area contributed by atoms with Crippen LogP contribution in [0.5, 0.6) is 0 Å². The summed E-state index contributed by atoms with van der Waals surface area (Å²) in [7, 11) is 0. The summed E-state index contributed by atoms with van der Waals surface area (Å²) in [5.74, 6) is -2.36. The maximum absolute atomic E-state index is 10.2. The van der Waals surface area contributed by atoms with Crippen LogP contribution in [0.4, 0.5) is 11.4 Å². The molecule has 0 amide bonds. The number of carbonyl (C=O) groups is 2. The number of hydrogen-bond acceptors (Lipinski definition) is 6. The van der Waals surface area contributed by atoms with Crippen molar-refractivity contribution in [3.05, 3.63) is 59.7 Å². The monoisotopic (exact) mass is 296 g/mol. The van der Waals surface area contributed by atoms with Crippen molar-refractivity contribution < 1.29 is 19.8 Å². The Labute approximate surface area is 137 Å². The summed E-state index contributed by atoms with van der Waals surface area (Å²) in [6.07, 6.45) is 0. The van der Waals surface area contributed by atoms with E-state index in [2.05, 4.69) is 0 Å². The number of nitrogens with two attached hydrogens (primary N) is 2. The summed E-state index contributed by atoms with van der Waals surface area (Å²) >= 11 is 0. The maximum Gasteiger partial charge on any atom is 2.00 e. The Bertz CT molecular complexity index is 542. The third kappa shape index (κ3) is 6.64. The predicted molar refractivity (Wildman–Crippen MR) is 76.1 cm³/mol. The second-order valence-electron chi connectivity index (χ2n) is 3.82. The zero-order valence-corrected chi connectivity index (χ0v) is 12.5. The zero-order chi connectivity index (χ0) is 15.1. The van der Waals surface area contributed by atoms with Crippen LogP contribution in [0.25, 0.3) is 0 Å². The molecule has 0 aliphatic heterocycles. The van der Waals surface area contributed by atoms with Gasteiger partial charge < -0.3 is 31.3 Å². The number of benzene rings is 2. The first-order chi connectivity index (χ1) is 9.40. The summed E-state index contributed by atoms with van der Waals surface area (Å²) in [6, 6.07) is 11.7. The molecule has 0 bridgehead atoms. The fourth-order valence-electron chi connectivity index (χ4n) is 1.24. The van der Waals surface area contributed by atoms with Gasteiger partial charge in [0.2, 0.25) is 0 Å². The van der Waals surface area contributed by atoms with Gasteiger partial charge >= 0.3 is 23.1 Å². The Morgan fingerprint density at radius 2 is 0.905 bits per heavy atom. The van der Waals surface area contributed by atoms with Crippen LogP contribution < -0.4 is 21.7 Å². The molecule has 6 nitrogen and oxygen atoms in total. The maximum atomic E-state index is 10.2. The van der Waals surface area contributed by atoms with E-state index in [0.29, 0.717) is 11.4 Å². The van der Waals surface area contributed by atoms with Gasteiger partial charge in [0, 0.05) is 11.4 Å². The standard InChI is InChI=1S/2C7H7NO2.Mg/c2*8-6-3-1-5(2-4-6)7(9)10;/h2*1-4H,8H2,(H,9,10);/q;;+2/p-2. The summed E-state index contributed by atoms with van der Waals surface area (Å²) in [5.41, 5.74) is 12.0. The first-order valence-electron chi connectivity index (χ1n) is 5.54. The van der Waals surface area contributed by atoms with E-state index in [1.54, 1.807) is 0 Å². The van der Waals surface area contributed by atoms with Crippen LogP contribution in [0, 0.1) is 0 Å². The van der Waals surface area contributed by atoms with Gasteiger partial charge in [0.25, 0.3) is 0 Å². The van der Waals surface area contributed by atoms with Crippen molar-refractivity contribution in [1.82, 2.24) is 0 Å². The molecule has 4 N–H and O–H groups in total. The Hall–Kier alpha value is -2.25. The van der Waals surface area contributed by atoms with Crippen molar-refractivity contribution >= 4 is 46.4 Å². The quantitative estimate of drug-likeness (QED) is 0.533. The number of carboxylic acids is 2. The number of nitrogen functional groups attached to an aromatic ring is 2. The van der Waals surface area contributed by atoms with Crippen LogP contribution in [0.15, 0.2) is 48.5 Å². The van der Waals surface area contributed by atoms with E-state index in [9.17, 15) is 19.8 Å². The molecule has 2 rings (SSSR count). The minimum atomic E-state index is -1.18. The number of carbonyl (C=O) groups excluding carboxylic acids is 2. The average Bonchev–Trinajstić information content (AvgIpc) is 2.40. The smallest absolute Gasteiger partial charge is 0.545 e. The van der Waals surface area contributed by atoms with Crippen LogP contribution >= 0.6 is 0 Å². The first kappa shape index (κ1) is 18.7. The number of carboxylic acid groups (broad SMARTS) is 2. The molecule has 0 unspecified atom stereocenters. The topological polar surface area (TPSA) is 132 Å². The van der Waals surface area contributed by atoms with Crippen LogP contribution in [0.1, 0.15) is 20.7 Å². The van der Waals surface area contributed by atoms with Gasteiger partial charge in [0.1, 0.15) is 0 Å². The molecule has 0 radical (unpaired) electrons. The normalized spacial score (nSPS) is 8.76. The number of aromatic carboxylic acids is 2. The van der Waals surface area contributed by atoms with E-state index in [0.717, 1.165) is 0 Å². The molecular formula is C14H12MgN2O4. The van der Waals surface area contributed by atoms with Crippen LogP contribution in [0.3, 0.4) is 0 Å². The zero-order valence-electron chi connectivity index (χ0n) is 11.1. The van der Waals surface area contributed by atoms with Crippen molar-refractivity contribution in [3.8, 4) is 0 Å². The Morgan fingerprint density at radius 3 is 1.10 bits per heavy atom. The predicted octanol–water partition coefficient (Wildman–Crippen LogP) is -1.12. The molecule has 21 heavy (non-hydrogen) atoms. The Balaban J connectivity index is 0.000000364. The van der Waals surface area contributed by atoms with Gasteiger partial charge in [-0.3, -0.25) is 0 Å². The van der Waals surface area contributed by atoms with Crippen molar-refractivity contribution in [2.75, 3.05) is 11.5 Å². The third-order valence-electron chi connectivity index (χ3n) is 2.29. The molecule has 0 aliphatic carbocycles. The van der Waals surface area contributed by atoms with Gasteiger partial charge in [-0.25, -0.2) is 0 Å². The molecule has 2 aromatic carbocycles. The Morgan fingerprint density at radius 1 is 0.667 bits per heavy atom. The van der Waals surface area contributed by atoms with Crippen LogP contribution in [-0.4, -0.2) is 35.0 Å². The number of hydrogen-bond donors (Lipinski definition) is 2. The molecule has 7 heteroatoms. The summed E-state index contributed by atoms with van der Waals surface area (Å²) in [4.78, 5) is 20.3. The van der Waals surface area contributed by atoms with Crippen molar-refractivity contribution in [2.45, 2.75) is 0 Å². The molecule has 0 saturated heterocycles. The summed E-state index contributed by atoms with van der Waals surface area (Å²) in [6.45, 7) is 0. The minimum Gasteiger partial charge on any atom is -0.545 e. The second-order valence-corrected chi connectivity index (χ2v) is 3.82. The third-order valence-corrected chi connectivity index (χ3v) is 2.29. The fourth-order valence-corrected chi connectivity index (χ4v) is 1.24. The number of rotatable bonds is 2. The van der Waals surface area contributed by atoms with Crippen LogP contribution in [0.2, 0.25) is 0 Å². The van der Waals surface area contributed by atoms with Gasteiger partial charge in [0.05, 0.1) is 11.9 Å². The molecule has 0 aromatic heterocycles. The van der Waals surface area contributed by atoms with Crippen molar-refractivity contribution in [2.24, 2.45) is 0 Å². The van der Waals surface area contributed by atoms with Crippen LogP contribution in [-0.2, 0) is 0 Å². The summed E-state index contributed by atoms with van der Waals surface area (Å²) < 4.78 is 0. The number of anilines is 2. The van der Waals surface area contributed by atoms with Crippen molar-refractivity contribution in [3.63, 3.8) is 0 Å². The molecule has 0 heterocycles. The van der Waals surface area contributed by atoms with Gasteiger partial charge in [-0.1, -0.05) is 24.3 Å². The molecule has 0 atom stereocenters. The summed E-state index contributed by atoms with van der Waals surface area (Å²) in [5, 5.41) is 20.3. The molecule has 0 aliphatic rings. The molecular weight excluding hydrogens is 284 g/mol. The van der Waals surface area contributed by atoms with Gasteiger partial charge in [-0.2, -0.15) is 0 Å². The van der Waals surface area contributed by atoms with E-state index < -0.39 is 11.9 Å². The first-order valence-corrected chi connectivity index (χ1v) is 5.54. The van der Waals surface area contributed by atoms with Gasteiger partial charge in [-0.15, -0.1) is 0 Å².